The van der Waals surface area contributed by atoms with Gasteiger partial charge in [-0.05, 0) is 133 Å². The molecule has 6 aliphatic heterocycles. The number of phenolic OH excluding ortho intramolecular Hbond substituents is 1. The summed E-state index contributed by atoms with van der Waals surface area (Å²) >= 11 is 0. The Morgan fingerprint density at radius 2 is 1.20 bits per heavy atom. The van der Waals surface area contributed by atoms with Gasteiger partial charge >= 0.3 is 0 Å². The van der Waals surface area contributed by atoms with E-state index in [0.717, 1.165) is 88.8 Å². The first-order chi connectivity index (χ1) is 32.9. The normalized spacial score (nSPS) is 43.9. The monoisotopic (exact) mass is 947 g/mol. The first-order valence-electron chi connectivity index (χ1n) is 25.9. The number of aryl methyl sites for hydroxylation is 1. The van der Waals surface area contributed by atoms with Gasteiger partial charge in [0.25, 0.3) is 0 Å². The van der Waals surface area contributed by atoms with E-state index in [4.69, 9.17) is 28.4 Å². The Morgan fingerprint density at radius 1 is 0.600 bits per heavy atom. The van der Waals surface area contributed by atoms with Crippen LogP contribution in [0.25, 0.3) is 0 Å². The number of hydrogen-bond acceptors (Lipinski definition) is 9. The third-order valence-corrected chi connectivity index (χ3v) is 21.9. The van der Waals surface area contributed by atoms with Crippen LogP contribution >= 0.6 is 0 Å². The minimum Gasteiger partial charge on any atom is -0.504 e. The topological polar surface area (TPSA) is 82.1 Å². The predicted octanol–water partition coefficient (Wildman–Crippen LogP) is 10.0. The summed E-state index contributed by atoms with van der Waals surface area (Å²) in [6.45, 7) is 9.66. The van der Waals surface area contributed by atoms with Crippen LogP contribution in [-0.4, -0.2) is 102 Å². The summed E-state index contributed by atoms with van der Waals surface area (Å²) < 4.78 is 40.7. The maximum absolute atomic E-state index is 10.9. The van der Waals surface area contributed by atoms with E-state index >= 15 is 0 Å². The van der Waals surface area contributed by atoms with Crippen molar-refractivity contribution in [3.05, 3.63) is 136 Å². The number of fused-ring (bicyclic) bond motifs is 1. The molecule has 4 saturated carbocycles. The Bertz CT molecular complexity index is 2810. The van der Waals surface area contributed by atoms with Crippen molar-refractivity contribution in [1.82, 2.24) is 9.80 Å². The van der Waals surface area contributed by atoms with E-state index in [1.54, 1.807) is 0 Å². The Hall–Kier alpha value is -4.22. The van der Waals surface area contributed by atoms with Crippen molar-refractivity contribution < 1.29 is 33.5 Å². The number of rotatable bonds is 4. The van der Waals surface area contributed by atoms with Crippen molar-refractivity contribution in [3.8, 4) is 17.2 Å². The van der Waals surface area contributed by atoms with Gasteiger partial charge in [0.05, 0.1) is 16.6 Å². The fourth-order valence-corrected chi connectivity index (χ4v) is 19.2. The summed E-state index contributed by atoms with van der Waals surface area (Å²) in [4.78, 5) is 5.25. The molecule has 6 heterocycles. The third kappa shape index (κ3) is 5.11. The molecule has 0 unspecified atom stereocenters. The zero-order valence-corrected chi connectivity index (χ0v) is 40.4. The summed E-state index contributed by atoms with van der Waals surface area (Å²) in [5, 5.41) is 10.9. The second-order valence-electron chi connectivity index (χ2n) is 24.1. The fourth-order valence-electron chi connectivity index (χ4n) is 19.2. The van der Waals surface area contributed by atoms with Crippen molar-refractivity contribution in [2.75, 3.05) is 40.8 Å². The van der Waals surface area contributed by atoms with Gasteiger partial charge in [-0.1, -0.05) is 106 Å². The SMILES string of the molecule is C.C.CN1CC[C@]23c4c5ccc(O)c4O[C@H]2[C@@]24CC[C@@]3(C[C@@H]2[C@@](C)(Cc2ccccc2)OCO4)[C@H]1C5.Cc1ccc2c3c1O[C@H]1[C@@]45C=C[C@@]6(C[C@@H]4[C@@](C)(Cc4ccccc4)OCO5)[C@@H](C2)N(C)CC[C@]316. The molecule has 9 nitrogen and oxygen atoms in total. The highest BCUT2D eigenvalue weighted by Gasteiger charge is 2.84. The number of nitrogens with zero attached hydrogens (tertiary/aromatic N) is 2. The number of likely N-dealkylation sites (N-methyl/N-ethyl adjacent to an activating group) is 2. The molecule has 1 N–H and O–H groups in total. The van der Waals surface area contributed by atoms with Gasteiger partial charge in [0, 0.05) is 64.1 Å². The molecule has 18 rings (SSSR count). The van der Waals surface area contributed by atoms with Crippen molar-refractivity contribution in [3.63, 3.8) is 0 Å². The minimum atomic E-state index is -0.454. The van der Waals surface area contributed by atoms with E-state index in [1.807, 2.05) is 6.07 Å². The predicted molar refractivity (Wildman–Crippen MR) is 271 cm³/mol. The largest absolute Gasteiger partial charge is 0.504 e. The summed E-state index contributed by atoms with van der Waals surface area (Å²) in [5.41, 5.74) is 8.23. The number of aromatic hydroxyl groups is 1. The van der Waals surface area contributed by atoms with Crippen LogP contribution in [0.4, 0.5) is 0 Å². The highest BCUT2D eigenvalue weighted by Crippen LogP contribution is 2.79. The van der Waals surface area contributed by atoms with Crippen LogP contribution in [-0.2, 0) is 55.5 Å². The number of phenols is 1. The van der Waals surface area contributed by atoms with E-state index in [-0.39, 0.29) is 77.4 Å². The lowest BCUT2D eigenvalue weighted by Crippen LogP contribution is -2.83. The third-order valence-electron chi connectivity index (χ3n) is 21.9. The van der Waals surface area contributed by atoms with E-state index in [1.165, 1.54) is 38.9 Å². The molecule has 70 heavy (non-hydrogen) atoms. The average Bonchev–Trinajstić information content (AvgIpc) is 3.91. The molecule has 8 fully saturated rings. The van der Waals surface area contributed by atoms with E-state index in [2.05, 4.69) is 136 Å². The van der Waals surface area contributed by atoms with Crippen LogP contribution in [0.15, 0.2) is 97.1 Å². The van der Waals surface area contributed by atoms with Crippen LogP contribution in [0.3, 0.4) is 0 Å². The molecule has 8 aliphatic carbocycles. The van der Waals surface area contributed by atoms with Crippen molar-refractivity contribution >= 4 is 0 Å². The summed E-state index contributed by atoms with van der Waals surface area (Å²) in [5.74, 6) is 2.67. The summed E-state index contributed by atoms with van der Waals surface area (Å²) in [6.07, 6.45) is 15.4. The minimum absolute atomic E-state index is 0. The fraction of sp³-hybridized carbons (Fsp3) is 0.574. The quantitative estimate of drug-likeness (QED) is 0.201. The summed E-state index contributed by atoms with van der Waals surface area (Å²) in [7, 11) is 4.65. The lowest BCUT2D eigenvalue weighted by molar-refractivity contribution is -0.374. The molecule has 14 aliphatic rings. The molecule has 0 aromatic heterocycles. The van der Waals surface area contributed by atoms with Gasteiger partial charge in [-0.15, -0.1) is 0 Å². The first-order valence-corrected chi connectivity index (χ1v) is 25.9. The molecular formula is C61H74N2O7. The Kier molecular flexibility index (Phi) is 9.60. The molecule has 14 atom stereocenters. The van der Waals surface area contributed by atoms with E-state index in [9.17, 15) is 5.11 Å². The molecule has 370 valence electrons. The van der Waals surface area contributed by atoms with Gasteiger partial charge in [0.2, 0.25) is 0 Å². The zero-order valence-electron chi connectivity index (χ0n) is 40.4. The van der Waals surface area contributed by atoms with Gasteiger partial charge in [-0.25, -0.2) is 0 Å². The van der Waals surface area contributed by atoms with Gasteiger partial charge in [0.1, 0.15) is 42.7 Å². The molecule has 4 saturated heterocycles. The van der Waals surface area contributed by atoms with E-state index in [0.29, 0.717) is 31.4 Å². The molecule has 0 amide bonds. The van der Waals surface area contributed by atoms with Crippen LogP contribution in [0.5, 0.6) is 17.2 Å². The molecule has 4 aromatic rings. The molecule has 8 bridgehead atoms. The maximum Gasteiger partial charge on any atom is 0.165 e. The molecule has 6 spiro atoms. The summed E-state index contributed by atoms with van der Waals surface area (Å²) in [6, 6.07) is 31.2. The number of piperidine rings is 2. The van der Waals surface area contributed by atoms with Crippen LogP contribution in [0, 0.1) is 29.6 Å². The zero-order chi connectivity index (χ0) is 45.8. The van der Waals surface area contributed by atoms with Gasteiger partial charge < -0.3 is 43.3 Å². The highest BCUT2D eigenvalue weighted by molar-refractivity contribution is 5.65. The first kappa shape index (κ1) is 45.6. The Balaban J connectivity index is 0.000000133. The smallest absolute Gasteiger partial charge is 0.165 e. The second kappa shape index (κ2) is 14.7. The Morgan fingerprint density at radius 3 is 1.91 bits per heavy atom. The average molecular weight is 947 g/mol. The number of benzene rings is 4. The molecule has 0 radical (unpaired) electrons. The Labute approximate surface area is 415 Å². The number of likely N-dealkylation sites (tertiary alicyclic amines) is 2. The van der Waals surface area contributed by atoms with Gasteiger partial charge in [-0.3, -0.25) is 0 Å². The number of hydrogen-bond donors (Lipinski definition) is 1. The van der Waals surface area contributed by atoms with E-state index < -0.39 is 5.60 Å². The second-order valence-corrected chi connectivity index (χ2v) is 24.1. The molecule has 9 heteroatoms. The lowest BCUT2D eigenvalue weighted by atomic mass is 9.33. The van der Waals surface area contributed by atoms with Gasteiger partial charge in [-0.2, -0.15) is 0 Å². The molecular weight excluding hydrogens is 873 g/mol. The van der Waals surface area contributed by atoms with Gasteiger partial charge in [0.15, 0.2) is 11.5 Å². The van der Waals surface area contributed by atoms with Crippen LogP contribution < -0.4 is 9.47 Å². The van der Waals surface area contributed by atoms with Crippen molar-refractivity contribution in [2.45, 2.75) is 157 Å². The highest BCUT2D eigenvalue weighted by atomic mass is 16.7. The lowest BCUT2D eigenvalue weighted by Gasteiger charge is -2.76. The standard InChI is InChI=1S/C30H33NO3.C29H33NO4.2CH4/c1-19-9-10-21-15-23-28-11-12-30(26-29(28,13-14-31(23)3)24(21)25(19)34-26)22(17-28)27(2,32-18-33-30)16-20-7-5-4-6-8-20;1-26(15-18-6-4-3-5-7-18)21-16-27-10-11-29(21,33-17-32-26)25-28(27)12-13-30(2)22(27)14-19-8-9-20(31)24(34-25)23(19)28;;/h4-12,22-23,26H,13-18H2,1-3H3;3-9,21-22,25,31H,10-17H2,1-2H3;2*1H4/t22-,23-,26-,27-,28-,29+,30-;21-,22-,25-,26-,27-,28+,29-;;/m11../s1. The number of ether oxygens (including phenoxy) is 6. The van der Waals surface area contributed by atoms with Crippen molar-refractivity contribution in [2.24, 2.45) is 22.7 Å². The van der Waals surface area contributed by atoms with Crippen LogP contribution in [0.1, 0.15) is 106 Å². The molecule has 4 aromatic carbocycles. The van der Waals surface area contributed by atoms with Crippen molar-refractivity contribution in [1.29, 1.82) is 0 Å². The van der Waals surface area contributed by atoms with Crippen LogP contribution in [0.2, 0.25) is 0 Å². The maximum atomic E-state index is 10.9.